The fourth-order valence-corrected chi connectivity index (χ4v) is 3.19. The molecule has 176 valence electrons. The summed E-state index contributed by atoms with van der Waals surface area (Å²) in [6.07, 6.45) is 1.41. The van der Waals surface area contributed by atoms with Crippen molar-refractivity contribution in [1.29, 1.82) is 0 Å². The van der Waals surface area contributed by atoms with Crippen LogP contribution in [-0.2, 0) is 4.79 Å². The van der Waals surface area contributed by atoms with Crippen LogP contribution in [0.2, 0.25) is 10.0 Å². The van der Waals surface area contributed by atoms with Crippen LogP contribution in [0.15, 0.2) is 65.8 Å². The fraction of sp³-hybridized carbons (Fsp3) is 0.125. The molecule has 0 spiro atoms. The summed E-state index contributed by atoms with van der Waals surface area (Å²) in [5, 5.41) is 7.39. The van der Waals surface area contributed by atoms with E-state index in [-0.39, 0.29) is 23.3 Å². The van der Waals surface area contributed by atoms with E-state index in [1.807, 2.05) is 0 Å². The third-order valence-electron chi connectivity index (χ3n) is 4.46. The SMILES string of the molecule is COc1ccc(NC(=O)COc2c(Cl)cc(/C=N/NC(=O)c3ccc(Cl)cc3)cc2OC)cc1. The predicted octanol–water partition coefficient (Wildman–Crippen LogP) is 4.79. The lowest BCUT2D eigenvalue weighted by Gasteiger charge is -2.13. The van der Waals surface area contributed by atoms with Crippen LogP contribution in [-0.4, -0.2) is 38.9 Å². The first-order valence-corrected chi connectivity index (χ1v) is 10.7. The number of benzene rings is 3. The van der Waals surface area contributed by atoms with Crippen LogP contribution < -0.4 is 25.0 Å². The van der Waals surface area contributed by atoms with Crippen molar-refractivity contribution in [2.45, 2.75) is 0 Å². The lowest BCUT2D eigenvalue weighted by atomic mass is 10.2. The highest BCUT2D eigenvalue weighted by Gasteiger charge is 2.14. The van der Waals surface area contributed by atoms with Crippen LogP contribution in [0.3, 0.4) is 0 Å². The van der Waals surface area contributed by atoms with Crippen LogP contribution in [0.4, 0.5) is 5.69 Å². The van der Waals surface area contributed by atoms with Gasteiger partial charge >= 0.3 is 0 Å². The average molecular weight is 502 g/mol. The molecule has 34 heavy (non-hydrogen) atoms. The molecule has 10 heteroatoms. The van der Waals surface area contributed by atoms with Crippen molar-refractivity contribution in [3.05, 3.63) is 81.8 Å². The molecule has 0 bridgehead atoms. The summed E-state index contributed by atoms with van der Waals surface area (Å²) >= 11 is 12.2. The molecule has 8 nitrogen and oxygen atoms in total. The van der Waals surface area contributed by atoms with E-state index in [0.29, 0.717) is 33.3 Å². The highest BCUT2D eigenvalue weighted by atomic mass is 35.5. The Morgan fingerprint density at radius 2 is 1.68 bits per heavy atom. The molecule has 0 fully saturated rings. The van der Waals surface area contributed by atoms with Crippen LogP contribution >= 0.6 is 23.2 Å². The molecule has 0 aliphatic heterocycles. The van der Waals surface area contributed by atoms with Gasteiger partial charge in [0.25, 0.3) is 11.8 Å². The van der Waals surface area contributed by atoms with E-state index in [2.05, 4.69) is 15.8 Å². The number of rotatable bonds is 9. The van der Waals surface area contributed by atoms with Crippen molar-refractivity contribution >= 4 is 46.9 Å². The van der Waals surface area contributed by atoms with Crippen molar-refractivity contribution < 1.29 is 23.8 Å². The van der Waals surface area contributed by atoms with Crippen molar-refractivity contribution in [2.24, 2.45) is 5.10 Å². The zero-order chi connectivity index (χ0) is 24.5. The van der Waals surface area contributed by atoms with Gasteiger partial charge in [0.05, 0.1) is 25.5 Å². The number of nitrogens with one attached hydrogen (secondary N) is 2. The smallest absolute Gasteiger partial charge is 0.271 e. The minimum absolute atomic E-state index is 0.205. The zero-order valence-corrected chi connectivity index (χ0v) is 19.8. The number of nitrogens with zero attached hydrogens (tertiary/aromatic N) is 1. The van der Waals surface area contributed by atoms with Gasteiger partial charge in [-0.25, -0.2) is 5.43 Å². The number of carbonyl (C=O) groups is 2. The molecule has 0 saturated carbocycles. The molecule has 3 aromatic rings. The number of amides is 2. The molecule has 2 N–H and O–H groups in total. The van der Waals surface area contributed by atoms with E-state index in [1.165, 1.54) is 13.3 Å². The van der Waals surface area contributed by atoms with Crippen LogP contribution in [0, 0.1) is 0 Å². The van der Waals surface area contributed by atoms with Gasteiger partial charge in [-0.15, -0.1) is 0 Å². The minimum Gasteiger partial charge on any atom is -0.497 e. The number of hydrogen-bond donors (Lipinski definition) is 2. The first-order valence-electron chi connectivity index (χ1n) is 9.93. The van der Waals surface area contributed by atoms with Crippen molar-refractivity contribution in [1.82, 2.24) is 5.43 Å². The molecule has 3 aromatic carbocycles. The third-order valence-corrected chi connectivity index (χ3v) is 4.99. The largest absolute Gasteiger partial charge is 0.497 e. The van der Waals surface area contributed by atoms with Gasteiger partial charge in [-0.2, -0.15) is 5.10 Å². The summed E-state index contributed by atoms with van der Waals surface area (Å²) in [6.45, 7) is -0.285. The molecular weight excluding hydrogens is 481 g/mol. The highest BCUT2D eigenvalue weighted by Crippen LogP contribution is 2.36. The number of hydrogen-bond acceptors (Lipinski definition) is 6. The van der Waals surface area contributed by atoms with Gasteiger partial charge in [0.15, 0.2) is 18.1 Å². The van der Waals surface area contributed by atoms with Crippen LogP contribution in [0.5, 0.6) is 17.2 Å². The van der Waals surface area contributed by atoms with Gasteiger partial charge in [0.1, 0.15) is 5.75 Å². The summed E-state index contributed by atoms with van der Waals surface area (Å²) in [6, 6.07) is 16.5. The first kappa shape index (κ1) is 24.9. The Morgan fingerprint density at radius 3 is 2.32 bits per heavy atom. The maximum absolute atomic E-state index is 12.2. The number of hydrazone groups is 1. The Hall–Kier alpha value is -3.75. The van der Waals surface area contributed by atoms with Crippen LogP contribution in [0.1, 0.15) is 15.9 Å². The number of ether oxygens (including phenoxy) is 3. The predicted molar refractivity (Wildman–Crippen MR) is 132 cm³/mol. The van der Waals surface area contributed by atoms with E-state index < -0.39 is 5.91 Å². The fourth-order valence-electron chi connectivity index (χ4n) is 2.79. The van der Waals surface area contributed by atoms with E-state index >= 15 is 0 Å². The summed E-state index contributed by atoms with van der Waals surface area (Å²) in [5.41, 5.74) is 3.98. The van der Waals surface area contributed by atoms with Gasteiger partial charge in [-0.05, 0) is 66.2 Å². The van der Waals surface area contributed by atoms with E-state index in [4.69, 9.17) is 37.4 Å². The van der Waals surface area contributed by atoms with Crippen molar-refractivity contribution in [3.8, 4) is 17.2 Å². The number of halogens is 2. The Bertz CT molecular complexity index is 1180. The summed E-state index contributed by atoms with van der Waals surface area (Å²) in [4.78, 5) is 24.4. The second-order valence-corrected chi connectivity index (χ2v) is 7.65. The number of methoxy groups -OCH3 is 2. The summed E-state index contributed by atoms with van der Waals surface area (Å²) < 4.78 is 16.0. The molecule has 3 rings (SSSR count). The van der Waals surface area contributed by atoms with Gasteiger partial charge in [-0.3, -0.25) is 9.59 Å². The molecule has 0 aliphatic rings. The number of anilines is 1. The van der Waals surface area contributed by atoms with Crippen molar-refractivity contribution in [3.63, 3.8) is 0 Å². The van der Waals surface area contributed by atoms with Gasteiger partial charge < -0.3 is 19.5 Å². The Labute approximate surface area is 206 Å². The van der Waals surface area contributed by atoms with E-state index in [0.717, 1.165) is 0 Å². The molecule has 0 atom stereocenters. The molecule has 0 radical (unpaired) electrons. The number of carbonyl (C=O) groups excluding carboxylic acids is 2. The van der Waals surface area contributed by atoms with Gasteiger partial charge in [0, 0.05) is 16.3 Å². The normalized spacial score (nSPS) is 10.6. The molecule has 2 amide bonds. The quantitative estimate of drug-likeness (QED) is 0.324. The first-order chi connectivity index (χ1) is 16.4. The second kappa shape index (κ2) is 11.9. The lowest BCUT2D eigenvalue weighted by molar-refractivity contribution is -0.118. The molecule has 0 aromatic heterocycles. The van der Waals surface area contributed by atoms with Gasteiger partial charge in [-0.1, -0.05) is 23.2 Å². The molecule has 0 heterocycles. The maximum Gasteiger partial charge on any atom is 0.271 e. The third kappa shape index (κ3) is 6.87. The lowest BCUT2D eigenvalue weighted by Crippen LogP contribution is -2.20. The van der Waals surface area contributed by atoms with Crippen LogP contribution in [0.25, 0.3) is 0 Å². The summed E-state index contributed by atoms with van der Waals surface area (Å²) in [5.74, 6) is 0.415. The topological polar surface area (TPSA) is 98.3 Å². The Morgan fingerprint density at radius 1 is 0.971 bits per heavy atom. The summed E-state index contributed by atoms with van der Waals surface area (Å²) in [7, 11) is 3.01. The second-order valence-electron chi connectivity index (χ2n) is 6.81. The van der Waals surface area contributed by atoms with E-state index in [1.54, 1.807) is 67.8 Å². The molecule has 0 saturated heterocycles. The minimum atomic E-state index is -0.395. The highest BCUT2D eigenvalue weighted by molar-refractivity contribution is 6.32. The standard InChI is InChI=1S/C24H21Cl2N3O5/c1-32-19-9-7-18(8-10-19)28-22(30)14-34-23-20(26)11-15(12-21(23)33-2)13-27-29-24(31)16-3-5-17(25)6-4-16/h3-13H,14H2,1-2H3,(H,28,30)(H,29,31)/b27-13+. The average Bonchev–Trinajstić information content (AvgIpc) is 2.84. The zero-order valence-electron chi connectivity index (χ0n) is 18.3. The van der Waals surface area contributed by atoms with Gasteiger partial charge in [0.2, 0.25) is 0 Å². The Kier molecular flexibility index (Phi) is 8.73. The maximum atomic E-state index is 12.2. The molecule has 0 unspecified atom stereocenters. The Balaban J connectivity index is 1.60. The monoisotopic (exact) mass is 501 g/mol. The van der Waals surface area contributed by atoms with E-state index in [9.17, 15) is 9.59 Å². The van der Waals surface area contributed by atoms with Crippen molar-refractivity contribution in [2.75, 3.05) is 26.1 Å². The molecule has 0 aliphatic carbocycles. The molecular formula is C24H21Cl2N3O5.